The Morgan fingerprint density at radius 2 is 1.88 bits per heavy atom. The number of hydrogen-bond acceptors (Lipinski definition) is 3. The molecule has 3 N–H and O–H groups in total. The topological polar surface area (TPSA) is 69.9 Å². The minimum atomic E-state index is -0.137. The van der Waals surface area contributed by atoms with E-state index in [1.807, 2.05) is 48.5 Å². The number of ether oxygens (including phenoxy) is 1. The average Bonchev–Trinajstić information content (AvgIpc) is 3.09. The lowest BCUT2D eigenvalue weighted by atomic mass is 10.1. The standard InChI is InChI=1S/C21H19N3O2/c1-26-16-7-8-17-15(11-16)12-19(24-17)20-18(9-10-22-21(20)25)23-13-14-5-3-2-4-6-14/h2-12,24H,13H2,1H3,(H2,22,23,25). The Hall–Kier alpha value is -3.47. The first-order valence-electron chi connectivity index (χ1n) is 8.41. The fraction of sp³-hybridized carbons (Fsp3) is 0.0952. The molecule has 0 radical (unpaired) electrons. The molecule has 0 bridgehead atoms. The van der Waals surface area contributed by atoms with Gasteiger partial charge in [-0.05, 0) is 35.9 Å². The van der Waals surface area contributed by atoms with E-state index in [9.17, 15) is 4.79 Å². The van der Waals surface area contributed by atoms with E-state index in [2.05, 4.69) is 27.4 Å². The molecule has 2 aromatic heterocycles. The maximum atomic E-state index is 12.5. The Morgan fingerprint density at radius 3 is 2.69 bits per heavy atom. The van der Waals surface area contributed by atoms with Gasteiger partial charge in [-0.2, -0.15) is 0 Å². The number of aromatic nitrogens is 2. The van der Waals surface area contributed by atoms with Crippen molar-refractivity contribution in [1.29, 1.82) is 0 Å². The van der Waals surface area contributed by atoms with E-state index in [4.69, 9.17) is 4.74 Å². The van der Waals surface area contributed by atoms with Crippen molar-refractivity contribution >= 4 is 16.6 Å². The molecular formula is C21H19N3O2. The highest BCUT2D eigenvalue weighted by Crippen LogP contribution is 2.29. The van der Waals surface area contributed by atoms with Crippen molar-refractivity contribution in [3.63, 3.8) is 0 Å². The predicted octanol–water partition coefficient (Wildman–Crippen LogP) is 4.14. The summed E-state index contributed by atoms with van der Waals surface area (Å²) in [6, 6.07) is 19.7. The summed E-state index contributed by atoms with van der Waals surface area (Å²) in [5, 5.41) is 4.37. The number of H-pyrrole nitrogens is 2. The maximum absolute atomic E-state index is 12.5. The molecule has 0 aliphatic heterocycles. The van der Waals surface area contributed by atoms with E-state index < -0.39 is 0 Å². The smallest absolute Gasteiger partial charge is 0.259 e. The first-order valence-corrected chi connectivity index (χ1v) is 8.41. The van der Waals surface area contributed by atoms with Crippen LogP contribution in [0, 0.1) is 0 Å². The molecule has 0 amide bonds. The molecular weight excluding hydrogens is 326 g/mol. The molecule has 0 atom stereocenters. The highest BCUT2D eigenvalue weighted by atomic mass is 16.5. The molecule has 4 rings (SSSR count). The maximum Gasteiger partial charge on any atom is 0.259 e. The number of hydrogen-bond donors (Lipinski definition) is 3. The minimum absolute atomic E-state index is 0.137. The fourth-order valence-corrected chi connectivity index (χ4v) is 3.06. The van der Waals surface area contributed by atoms with Crippen LogP contribution in [0.4, 0.5) is 5.69 Å². The lowest BCUT2D eigenvalue weighted by Crippen LogP contribution is -2.12. The third-order valence-corrected chi connectivity index (χ3v) is 4.38. The van der Waals surface area contributed by atoms with E-state index in [0.717, 1.165) is 33.6 Å². The molecule has 5 nitrogen and oxygen atoms in total. The highest BCUT2D eigenvalue weighted by molar-refractivity contribution is 5.89. The Labute approximate surface area is 150 Å². The van der Waals surface area contributed by atoms with Gasteiger partial charge in [-0.25, -0.2) is 0 Å². The Kier molecular flexibility index (Phi) is 4.19. The molecule has 0 spiro atoms. The number of aromatic amines is 2. The van der Waals surface area contributed by atoms with Gasteiger partial charge in [0.05, 0.1) is 24.1 Å². The van der Waals surface area contributed by atoms with Gasteiger partial charge in [0.25, 0.3) is 5.56 Å². The van der Waals surface area contributed by atoms with E-state index in [1.165, 1.54) is 0 Å². The molecule has 26 heavy (non-hydrogen) atoms. The zero-order valence-corrected chi connectivity index (χ0v) is 14.4. The molecule has 130 valence electrons. The SMILES string of the molecule is COc1ccc2[nH]c(-c3c(NCc4ccccc4)cc[nH]c3=O)cc2c1. The summed E-state index contributed by atoms with van der Waals surface area (Å²) in [4.78, 5) is 18.6. The van der Waals surface area contributed by atoms with Crippen LogP contribution < -0.4 is 15.6 Å². The largest absolute Gasteiger partial charge is 0.497 e. The summed E-state index contributed by atoms with van der Waals surface area (Å²) in [6.07, 6.45) is 1.66. The molecule has 0 unspecified atom stereocenters. The van der Waals surface area contributed by atoms with Crippen molar-refractivity contribution in [3.05, 3.63) is 82.8 Å². The average molecular weight is 345 g/mol. The number of pyridine rings is 1. The van der Waals surface area contributed by atoms with Gasteiger partial charge < -0.3 is 20.0 Å². The van der Waals surface area contributed by atoms with Crippen LogP contribution in [0.25, 0.3) is 22.2 Å². The molecule has 0 saturated carbocycles. The Bertz CT molecular complexity index is 1100. The lowest BCUT2D eigenvalue weighted by molar-refractivity contribution is 0.415. The van der Waals surface area contributed by atoms with Crippen LogP contribution in [0.5, 0.6) is 5.75 Å². The van der Waals surface area contributed by atoms with Crippen LogP contribution in [0.3, 0.4) is 0 Å². The molecule has 5 heteroatoms. The Morgan fingerprint density at radius 1 is 1.04 bits per heavy atom. The lowest BCUT2D eigenvalue weighted by Gasteiger charge is -2.10. The van der Waals surface area contributed by atoms with Gasteiger partial charge in [0, 0.05) is 23.6 Å². The normalized spacial score (nSPS) is 10.8. The fourth-order valence-electron chi connectivity index (χ4n) is 3.06. The van der Waals surface area contributed by atoms with Crippen LogP contribution in [-0.2, 0) is 6.54 Å². The zero-order valence-electron chi connectivity index (χ0n) is 14.4. The second-order valence-corrected chi connectivity index (χ2v) is 6.07. The number of anilines is 1. The van der Waals surface area contributed by atoms with E-state index >= 15 is 0 Å². The van der Waals surface area contributed by atoms with Crippen molar-refractivity contribution in [2.75, 3.05) is 12.4 Å². The van der Waals surface area contributed by atoms with Gasteiger partial charge in [0.15, 0.2) is 0 Å². The second-order valence-electron chi connectivity index (χ2n) is 6.07. The van der Waals surface area contributed by atoms with Gasteiger partial charge in [-0.1, -0.05) is 30.3 Å². The van der Waals surface area contributed by atoms with Crippen molar-refractivity contribution in [3.8, 4) is 17.0 Å². The molecule has 0 aliphatic rings. The highest BCUT2D eigenvalue weighted by Gasteiger charge is 2.13. The molecule has 0 saturated heterocycles. The summed E-state index contributed by atoms with van der Waals surface area (Å²) in [7, 11) is 1.64. The Balaban J connectivity index is 1.73. The molecule has 0 fully saturated rings. The zero-order chi connectivity index (χ0) is 17.9. The third kappa shape index (κ3) is 3.07. The summed E-state index contributed by atoms with van der Waals surface area (Å²) in [5.41, 5.74) is 4.13. The second kappa shape index (κ2) is 6.80. The predicted molar refractivity (Wildman–Crippen MR) is 105 cm³/mol. The van der Waals surface area contributed by atoms with Crippen molar-refractivity contribution in [2.45, 2.75) is 6.54 Å². The van der Waals surface area contributed by atoms with Crippen LogP contribution in [-0.4, -0.2) is 17.1 Å². The van der Waals surface area contributed by atoms with E-state index in [-0.39, 0.29) is 5.56 Å². The van der Waals surface area contributed by atoms with E-state index in [0.29, 0.717) is 12.1 Å². The number of methoxy groups -OCH3 is 1. The summed E-state index contributed by atoms with van der Waals surface area (Å²) in [6.45, 7) is 0.644. The minimum Gasteiger partial charge on any atom is -0.497 e. The third-order valence-electron chi connectivity index (χ3n) is 4.38. The molecule has 4 aromatic rings. The summed E-state index contributed by atoms with van der Waals surface area (Å²) >= 11 is 0. The quantitative estimate of drug-likeness (QED) is 0.509. The van der Waals surface area contributed by atoms with Crippen molar-refractivity contribution < 1.29 is 4.74 Å². The van der Waals surface area contributed by atoms with Crippen LogP contribution in [0.1, 0.15) is 5.56 Å². The summed E-state index contributed by atoms with van der Waals surface area (Å²) < 4.78 is 5.28. The molecule has 2 heterocycles. The first-order chi connectivity index (χ1) is 12.7. The van der Waals surface area contributed by atoms with Gasteiger partial charge in [0.1, 0.15) is 5.75 Å². The van der Waals surface area contributed by atoms with Gasteiger partial charge in [-0.15, -0.1) is 0 Å². The molecule has 0 aliphatic carbocycles. The van der Waals surface area contributed by atoms with Gasteiger partial charge in [0.2, 0.25) is 0 Å². The van der Waals surface area contributed by atoms with Crippen LogP contribution in [0.15, 0.2) is 71.7 Å². The molecule has 2 aromatic carbocycles. The van der Waals surface area contributed by atoms with E-state index in [1.54, 1.807) is 13.3 Å². The van der Waals surface area contributed by atoms with Gasteiger partial charge in [-0.3, -0.25) is 4.79 Å². The number of benzene rings is 2. The number of nitrogens with one attached hydrogen (secondary N) is 3. The summed E-state index contributed by atoms with van der Waals surface area (Å²) in [5.74, 6) is 0.785. The van der Waals surface area contributed by atoms with Crippen molar-refractivity contribution in [2.24, 2.45) is 0 Å². The van der Waals surface area contributed by atoms with Crippen LogP contribution in [0.2, 0.25) is 0 Å². The number of fused-ring (bicyclic) bond motifs is 1. The van der Waals surface area contributed by atoms with Crippen LogP contribution >= 0.6 is 0 Å². The first kappa shape index (κ1) is 16.0. The van der Waals surface area contributed by atoms with Crippen molar-refractivity contribution in [1.82, 2.24) is 9.97 Å². The number of rotatable bonds is 5. The monoisotopic (exact) mass is 345 g/mol. The van der Waals surface area contributed by atoms with Gasteiger partial charge >= 0.3 is 0 Å².